The molecule has 0 rings (SSSR count). The van der Waals surface area contributed by atoms with Gasteiger partial charge >= 0.3 is 6.03 Å². The predicted molar refractivity (Wildman–Crippen MR) is 71.9 cm³/mol. The predicted octanol–water partition coefficient (Wildman–Crippen LogP) is 0.313. The van der Waals surface area contributed by atoms with Crippen molar-refractivity contribution in [3.63, 3.8) is 0 Å². The first-order valence-electron chi connectivity index (χ1n) is 6.42. The van der Waals surface area contributed by atoms with Crippen LogP contribution in [-0.4, -0.2) is 30.6 Å². The van der Waals surface area contributed by atoms with E-state index in [0.29, 0.717) is 18.9 Å². The van der Waals surface area contributed by atoms with Gasteiger partial charge < -0.3 is 22.1 Å². The fourth-order valence-electron chi connectivity index (χ4n) is 1.66. The van der Waals surface area contributed by atoms with Crippen molar-refractivity contribution < 1.29 is 9.59 Å². The molecule has 3 amide bonds. The lowest BCUT2D eigenvalue weighted by atomic mass is 10.0. The first-order chi connectivity index (χ1) is 8.32. The second kappa shape index (κ2) is 8.74. The molecule has 0 aromatic heterocycles. The molecule has 2 atom stereocenters. The third-order valence-electron chi connectivity index (χ3n) is 2.56. The van der Waals surface area contributed by atoms with E-state index in [-0.39, 0.29) is 11.9 Å². The normalized spacial score (nSPS) is 14.1. The highest BCUT2D eigenvalue weighted by Crippen LogP contribution is 2.03. The van der Waals surface area contributed by atoms with Crippen LogP contribution in [0.5, 0.6) is 0 Å². The van der Waals surface area contributed by atoms with Crippen LogP contribution >= 0.6 is 0 Å². The molecule has 0 bridgehead atoms. The molecular formula is C12H26N4O2. The Morgan fingerprint density at radius 2 is 1.83 bits per heavy atom. The first-order valence-corrected chi connectivity index (χ1v) is 6.42. The van der Waals surface area contributed by atoms with Gasteiger partial charge in [0.2, 0.25) is 5.91 Å². The van der Waals surface area contributed by atoms with Crippen molar-refractivity contribution in [2.24, 2.45) is 17.4 Å². The van der Waals surface area contributed by atoms with E-state index in [2.05, 4.69) is 10.6 Å². The molecule has 0 saturated heterocycles. The maximum Gasteiger partial charge on any atom is 0.312 e. The summed E-state index contributed by atoms with van der Waals surface area (Å²) in [7, 11) is 0. The molecule has 6 N–H and O–H groups in total. The molecule has 0 aromatic carbocycles. The lowest BCUT2D eigenvalue weighted by Crippen LogP contribution is -2.45. The van der Waals surface area contributed by atoms with Gasteiger partial charge in [0.15, 0.2) is 0 Å². The summed E-state index contributed by atoms with van der Waals surface area (Å²) in [5, 5.41) is 5.37. The van der Waals surface area contributed by atoms with Crippen molar-refractivity contribution in [3.8, 4) is 0 Å². The first kappa shape index (κ1) is 16.7. The lowest BCUT2D eigenvalue weighted by Gasteiger charge is -2.18. The maximum atomic E-state index is 11.7. The van der Waals surface area contributed by atoms with Crippen molar-refractivity contribution in [3.05, 3.63) is 0 Å². The van der Waals surface area contributed by atoms with Gasteiger partial charge in [-0.25, -0.2) is 4.79 Å². The number of carbonyl (C=O) groups excluding carboxylic acids is 2. The standard InChI is InChI=1S/C12H26N4O2/c1-8(2)7-10(13)11(17)16-9(3)5-4-6-15-12(14)18/h8-10H,4-7,13H2,1-3H3,(H,16,17)(H3,14,15,18). The van der Waals surface area contributed by atoms with Gasteiger partial charge in [-0.2, -0.15) is 0 Å². The molecule has 6 heteroatoms. The maximum absolute atomic E-state index is 11.7. The third kappa shape index (κ3) is 8.81. The van der Waals surface area contributed by atoms with E-state index in [9.17, 15) is 9.59 Å². The SMILES string of the molecule is CC(C)CC(N)C(=O)NC(C)CCCNC(N)=O. The Labute approximate surface area is 109 Å². The monoisotopic (exact) mass is 258 g/mol. The zero-order valence-electron chi connectivity index (χ0n) is 11.5. The molecule has 0 aromatic rings. The largest absolute Gasteiger partial charge is 0.352 e. The molecule has 0 fully saturated rings. The summed E-state index contributed by atoms with van der Waals surface area (Å²) < 4.78 is 0. The molecule has 0 aliphatic heterocycles. The van der Waals surface area contributed by atoms with Crippen molar-refractivity contribution in [1.82, 2.24) is 10.6 Å². The second-order valence-electron chi connectivity index (χ2n) is 5.08. The molecule has 18 heavy (non-hydrogen) atoms. The topological polar surface area (TPSA) is 110 Å². The van der Waals surface area contributed by atoms with Gasteiger partial charge in [-0.1, -0.05) is 13.8 Å². The van der Waals surface area contributed by atoms with Crippen LogP contribution < -0.4 is 22.1 Å². The highest BCUT2D eigenvalue weighted by molar-refractivity contribution is 5.81. The Bertz CT molecular complexity index is 269. The Kier molecular flexibility index (Phi) is 8.11. The average Bonchev–Trinajstić information content (AvgIpc) is 2.23. The summed E-state index contributed by atoms with van der Waals surface area (Å²) in [6, 6.07) is -0.924. The summed E-state index contributed by atoms with van der Waals surface area (Å²) in [6.45, 7) is 6.51. The van der Waals surface area contributed by atoms with Crippen LogP contribution in [0.25, 0.3) is 0 Å². The van der Waals surface area contributed by atoms with Crippen molar-refractivity contribution in [1.29, 1.82) is 0 Å². The fourth-order valence-corrected chi connectivity index (χ4v) is 1.66. The number of urea groups is 1. The molecule has 0 aliphatic rings. The van der Waals surface area contributed by atoms with Crippen LogP contribution in [-0.2, 0) is 4.79 Å². The molecular weight excluding hydrogens is 232 g/mol. The number of amides is 3. The summed E-state index contributed by atoms with van der Waals surface area (Å²) >= 11 is 0. The van der Waals surface area contributed by atoms with E-state index in [4.69, 9.17) is 11.5 Å². The van der Waals surface area contributed by atoms with Crippen molar-refractivity contribution in [2.45, 2.75) is 52.1 Å². The Morgan fingerprint density at radius 3 is 2.33 bits per heavy atom. The number of nitrogens with two attached hydrogens (primary N) is 2. The molecule has 0 heterocycles. The van der Waals surface area contributed by atoms with Gasteiger partial charge in [0, 0.05) is 12.6 Å². The Balaban J connectivity index is 3.76. The number of carbonyl (C=O) groups is 2. The summed E-state index contributed by atoms with van der Waals surface area (Å²) in [5.41, 5.74) is 10.7. The Hall–Kier alpha value is -1.30. The van der Waals surface area contributed by atoms with Crippen molar-refractivity contribution >= 4 is 11.9 Å². The van der Waals surface area contributed by atoms with E-state index < -0.39 is 12.1 Å². The summed E-state index contributed by atoms with van der Waals surface area (Å²) in [5.74, 6) is 0.292. The van der Waals surface area contributed by atoms with Crippen LogP contribution in [0.15, 0.2) is 0 Å². The van der Waals surface area contributed by atoms with E-state index in [1.54, 1.807) is 0 Å². The Morgan fingerprint density at radius 1 is 1.22 bits per heavy atom. The van der Waals surface area contributed by atoms with Gasteiger partial charge in [-0.15, -0.1) is 0 Å². The second-order valence-corrected chi connectivity index (χ2v) is 5.08. The highest BCUT2D eigenvalue weighted by Gasteiger charge is 2.16. The molecule has 2 unspecified atom stereocenters. The van der Waals surface area contributed by atoms with Crippen molar-refractivity contribution in [2.75, 3.05) is 6.54 Å². The van der Waals surface area contributed by atoms with Gasteiger partial charge in [-0.05, 0) is 32.1 Å². The van der Waals surface area contributed by atoms with Gasteiger partial charge in [0.05, 0.1) is 6.04 Å². The number of hydrogen-bond acceptors (Lipinski definition) is 3. The van der Waals surface area contributed by atoms with E-state index in [1.807, 2.05) is 20.8 Å². The van der Waals surface area contributed by atoms with Gasteiger partial charge in [-0.3, -0.25) is 4.79 Å². The number of hydrogen-bond donors (Lipinski definition) is 4. The quantitative estimate of drug-likeness (QED) is 0.470. The summed E-state index contributed by atoms with van der Waals surface area (Å²) in [6.07, 6.45) is 2.23. The van der Waals surface area contributed by atoms with Gasteiger partial charge in [0.25, 0.3) is 0 Å². The summed E-state index contributed by atoms with van der Waals surface area (Å²) in [4.78, 5) is 22.1. The van der Waals surface area contributed by atoms with E-state index >= 15 is 0 Å². The minimum atomic E-state index is -0.523. The molecule has 0 spiro atoms. The minimum absolute atomic E-state index is 0.0467. The zero-order valence-corrected chi connectivity index (χ0v) is 11.5. The third-order valence-corrected chi connectivity index (χ3v) is 2.56. The molecule has 106 valence electrons. The smallest absolute Gasteiger partial charge is 0.312 e. The average molecular weight is 258 g/mol. The van der Waals surface area contributed by atoms with Crippen LogP contribution in [0.3, 0.4) is 0 Å². The van der Waals surface area contributed by atoms with Crippen LogP contribution in [0, 0.1) is 5.92 Å². The molecule has 0 saturated carbocycles. The van der Waals surface area contributed by atoms with Gasteiger partial charge in [0.1, 0.15) is 0 Å². The molecule has 0 aliphatic carbocycles. The number of primary amides is 1. The minimum Gasteiger partial charge on any atom is -0.352 e. The zero-order chi connectivity index (χ0) is 14.1. The fraction of sp³-hybridized carbons (Fsp3) is 0.833. The van der Waals surface area contributed by atoms with Crippen LogP contribution in [0.2, 0.25) is 0 Å². The molecule has 0 radical (unpaired) electrons. The lowest BCUT2D eigenvalue weighted by molar-refractivity contribution is -0.123. The number of rotatable bonds is 8. The van der Waals surface area contributed by atoms with Crippen LogP contribution in [0.1, 0.15) is 40.0 Å². The van der Waals surface area contributed by atoms with Crippen LogP contribution in [0.4, 0.5) is 4.79 Å². The highest BCUT2D eigenvalue weighted by atomic mass is 16.2. The van der Waals surface area contributed by atoms with E-state index in [0.717, 1.165) is 12.8 Å². The molecule has 6 nitrogen and oxygen atoms in total. The number of nitrogens with one attached hydrogen (secondary N) is 2. The van der Waals surface area contributed by atoms with E-state index in [1.165, 1.54) is 0 Å².